The van der Waals surface area contributed by atoms with Crippen molar-refractivity contribution >= 4 is 0 Å². The van der Waals surface area contributed by atoms with Gasteiger partial charge in [-0.05, 0) is 0 Å². The standard InChI is InChI=1S/2Co.2Fe.2Ni.7O/q2*+2;2*+3;2*+2;7*-2. The first-order chi connectivity index (χ1) is 0. The zero-order valence-corrected chi connectivity index (χ0v) is 11.1. The van der Waals surface area contributed by atoms with Gasteiger partial charge in [-0.2, -0.15) is 0 Å². The van der Waals surface area contributed by atoms with Crippen LogP contribution in [0.15, 0.2) is 0 Å². The fourth-order valence-electron chi connectivity index (χ4n) is 0. The molecule has 7 nitrogen and oxygen atoms in total. The van der Waals surface area contributed by atoms with Crippen molar-refractivity contribution in [3.05, 3.63) is 0 Å². The molecular weight excluding hydrogens is 459 g/mol. The monoisotopic (exact) mass is 458 g/mol. The van der Waals surface area contributed by atoms with Crippen molar-refractivity contribution in [1.82, 2.24) is 0 Å². The van der Waals surface area contributed by atoms with E-state index in [9.17, 15) is 0 Å². The Morgan fingerprint density at radius 2 is 0.308 bits per heavy atom. The fraction of sp³-hybridized carbons (Fsp3) is 0. The Kier molecular flexibility index (Phi) is 12700. The molecule has 0 saturated heterocycles. The van der Waals surface area contributed by atoms with Crippen LogP contribution in [-0.4, -0.2) is 0 Å². The molecule has 96 valence electrons. The molecule has 0 aliphatic heterocycles. The smallest absolute Gasteiger partial charge is 2.00 e. The van der Waals surface area contributed by atoms with E-state index in [1.165, 1.54) is 0 Å². The van der Waals surface area contributed by atoms with Crippen molar-refractivity contribution in [1.29, 1.82) is 0 Å². The first-order valence-electron chi connectivity index (χ1n) is 0. The first-order valence-corrected chi connectivity index (χ1v) is 0. The summed E-state index contributed by atoms with van der Waals surface area (Å²) < 4.78 is 0. The van der Waals surface area contributed by atoms with Gasteiger partial charge in [0.2, 0.25) is 0 Å². The molecule has 0 aromatic rings. The van der Waals surface area contributed by atoms with E-state index in [0.717, 1.165) is 0 Å². The van der Waals surface area contributed by atoms with Crippen LogP contribution in [0.5, 0.6) is 0 Å². The Hall–Kier alpha value is 2.76. The normalized spacial score (nSPS) is 0. The minimum absolute atomic E-state index is 0. The van der Waals surface area contributed by atoms with Crippen LogP contribution in [0.3, 0.4) is 0 Å². The second-order valence-electron chi connectivity index (χ2n) is 0. The molecular formula is Co2Fe2Ni2O7. The summed E-state index contributed by atoms with van der Waals surface area (Å²) in [5, 5.41) is 0. The van der Waals surface area contributed by atoms with Crippen molar-refractivity contribution in [3.63, 3.8) is 0 Å². The Morgan fingerprint density at radius 1 is 0.308 bits per heavy atom. The van der Waals surface area contributed by atoms with Gasteiger partial charge in [0.25, 0.3) is 0 Å². The molecule has 0 spiro atoms. The van der Waals surface area contributed by atoms with Crippen molar-refractivity contribution in [2.24, 2.45) is 0 Å². The molecule has 0 aliphatic carbocycles. The van der Waals surface area contributed by atoms with E-state index in [1.54, 1.807) is 0 Å². The van der Waals surface area contributed by atoms with Crippen LogP contribution < -0.4 is 0 Å². The Labute approximate surface area is 138 Å². The molecule has 4 radical (unpaired) electrons. The fourth-order valence-corrected chi connectivity index (χ4v) is 0. The van der Waals surface area contributed by atoms with Gasteiger partial charge in [-0.25, -0.2) is 0 Å². The molecule has 0 aliphatic rings. The van der Waals surface area contributed by atoms with E-state index in [4.69, 9.17) is 0 Å². The summed E-state index contributed by atoms with van der Waals surface area (Å²) in [7, 11) is 0. The maximum absolute atomic E-state index is 0. The average Bonchev–Trinajstić information content (AvgIpc) is 0. The van der Waals surface area contributed by atoms with Crippen LogP contribution >= 0.6 is 0 Å². The topological polar surface area (TPSA) is 200 Å². The maximum atomic E-state index is 0. The van der Waals surface area contributed by atoms with Gasteiger partial charge in [0.15, 0.2) is 0 Å². The van der Waals surface area contributed by atoms with E-state index < -0.39 is 0 Å². The minimum atomic E-state index is 0. The van der Waals surface area contributed by atoms with Crippen molar-refractivity contribution in [3.8, 4) is 0 Å². The third kappa shape index (κ3) is 316. The third-order valence-corrected chi connectivity index (χ3v) is 0. The number of hydrogen-bond acceptors (Lipinski definition) is 0. The van der Waals surface area contributed by atoms with Gasteiger partial charge >= 0.3 is 101 Å². The van der Waals surface area contributed by atoms with Crippen LogP contribution in [-0.2, 0) is 139 Å². The largest absolute Gasteiger partial charge is 3.00 e. The summed E-state index contributed by atoms with van der Waals surface area (Å²) in [6.07, 6.45) is 0. The summed E-state index contributed by atoms with van der Waals surface area (Å²) in [5.41, 5.74) is 0. The summed E-state index contributed by atoms with van der Waals surface area (Å²) in [4.78, 5) is 0. The Balaban J connectivity index is 0. The van der Waals surface area contributed by atoms with Gasteiger partial charge in [-0.3, -0.25) is 0 Å². The van der Waals surface area contributed by atoms with E-state index in [2.05, 4.69) is 0 Å². The molecule has 0 unspecified atom stereocenters. The Bertz CT molecular complexity index is 22.5. The van der Waals surface area contributed by atoms with Gasteiger partial charge in [-0.15, -0.1) is 0 Å². The SMILES string of the molecule is [Co+2].[Co+2].[Fe+3].[Fe+3].[Ni+2].[Ni+2].[O-2].[O-2].[O-2].[O-2].[O-2].[O-2].[O-2]. The van der Waals surface area contributed by atoms with Gasteiger partial charge < -0.3 is 38.3 Å². The van der Waals surface area contributed by atoms with Crippen LogP contribution in [0.2, 0.25) is 0 Å². The van der Waals surface area contributed by atoms with Crippen LogP contribution in [0.1, 0.15) is 0 Å². The molecule has 0 amide bonds. The predicted molar refractivity (Wildman–Crippen MR) is 4.81 cm³/mol. The molecule has 0 N–H and O–H groups in total. The molecule has 0 aromatic carbocycles. The molecule has 0 fully saturated rings. The summed E-state index contributed by atoms with van der Waals surface area (Å²) in [6, 6.07) is 0. The van der Waals surface area contributed by atoms with E-state index >= 15 is 0 Å². The average molecular weight is 459 g/mol. The number of hydrogen-bond donors (Lipinski definition) is 0. The van der Waals surface area contributed by atoms with Crippen molar-refractivity contribution in [2.45, 2.75) is 0 Å². The quantitative estimate of drug-likeness (QED) is 0.407. The van der Waals surface area contributed by atoms with Crippen LogP contribution in [0, 0.1) is 0 Å². The minimum Gasteiger partial charge on any atom is -2.00 e. The zero-order valence-electron chi connectivity index (χ0n) is 4.86. The van der Waals surface area contributed by atoms with Crippen LogP contribution in [0.4, 0.5) is 0 Å². The third-order valence-electron chi connectivity index (χ3n) is 0. The molecule has 0 atom stereocenters. The second kappa shape index (κ2) is 367. The van der Waals surface area contributed by atoms with E-state index in [0.29, 0.717) is 0 Å². The van der Waals surface area contributed by atoms with Gasteiger partial charge in [0.05, 0.1) is 0 Å². The molecule has 0 aromatic heterocycles. The maximum Gasteiger partial charge on any atom is 3.00 e. The van der Waals surface area contributed by atoms with E-state index in [1.807, 2.05) is 0 Å². The molecule has 0 bridgehead atoms. The summed E-state index contributed by atoms with van der Waals surface area (Å²) in [6.45, 7) is 0. The molecule has 0 heterocycles. The van der Waals surface area contributed by atoms with Gasteiger partial charge in [0.1, 0.15) is 0 Å². The van der Waals surface area contributed by atoms with Gasteiger partial charge in [0, 0.05) is 0 Å². The summed E-state index contributed by atoms with van der Waals surface area (Å²) >= 11 is 0. The number of rotatable bonds is 0. The predicted octanol–water partition coefficient (Wildman–Crippen LogP) is -0.847. The van der Waals surface area contributed by atoms with Crippen molar-refractivity contribution < 1.29 is 139 Å². The second-order valence-corrected chi connectivity index (χ2v) is 0. The molecule has 0 rings (SSSR count). The molecule has 13 heavy (non-hydrogen) atoms. The van der Waals surface area contributed by atoms with E-state index in [-0.39, 0.29) is 139 Å². The van der Waals surface area contributed by atoms with Crippen molar-refractivity contribution in [2.75, 3.05) is 0 Å². The van der Waals surface area contributed by atoms with Gasteiger partial charge in [-0.1, -0.05) is 0 Å². The first kappa shape index (κ1) is 451. The molecule has 0 saturated carbocycles. The zero-order chi connectivity index (χ0) is 0. The Morgan fingerprint density at radius 3 is 0.308 bits per heavy atom. The van der Waals surface area contributed by atoms with Crippen LogP contribution in [0.25, 0.3) is 0 Å². The molecule has 13 heteroatoms. The summed E-state index contributed by atoms with van der Waals surface area (Å²) in [5.74, 6) is 0.